The molecule has 128 valence electrons. The van der Waals surface area contributed by atoms with Gasteiger partial charge in [0, 0.05) is 19.0 Å². The van der Waals surface area contributed by atoms with E-state index >= 15 is 0 Å². The highest BCUT2D eigenvalue weighted by Gasteiger charge is 2.50. The number of hydrogen-bond donors (Lipinski definition) is 3. The quantitative estimate of drug-likeness (QED) is 0.730. The van der Waals surface area contributed by atoms with E-state index < -0.39 is 24.4 Å². The van der Waals surface area contributed by atoms with Gasteiger partial charge in [-0.25, -0.2) is 4.39 Å². The molecule has 0 radical (unpaired) electrons. The average molecular weight is 324 g/mol. The molecular weight excluding hydrogens is 299 g/mol. The second kappa shape index (κ2) is 7.86. The van der Waals surface area contributed by atoms with E-state index in [0.717, 1.165) is 5.56 Å². The van der Waals surface area contributed by atoms with Gasteiger partial charge in [0.25, 0.3) is 0 Å². The van der Waals surface area contributed by atoms with Gasteiger partial charge in [0.2, 0.25) is 5.91 Å². The predicted molar refractivity (Wildman–Crippen MR) is 85.6 cm³/mol. The van der Waals surface area contributed by atoms with Gasteiger partial charge in [-0.1, -0.05) is 30.3 Å². The summed E-state index contributed by atoms with van der Waals surface area (Å²) < 4.78 is 14.6. The fourth-order valence-corrected chi connectivity index (χ4v) is 3.38. The molecule has 0 spiro atoms. The number of benzene rings is 1. The number of halogens is 1. The average Bonchev–Trinajstić information content (AvgIpc) is 2.79. The first-order chi connectivity index (χ1) is 11.0. The Morgan fingerprint density at radius 3 is 2.57 bits per heavy atom. The van der Waals surface area contributed by atoms with Crippen LogP contribution in [0.25, 0.3) is 0 Å². The fourth-order valence-electron chi connectivity index (χ4n) is 3.38. The summed E-state index contributed by atoms with van der Waals surface area (Å²) in [4.78, 5) is 13.6. The molecular formula is C17H25FN2O3. The molecule has 0 bridgehead atoms. The Hall–Kier alpha value is -1.50. The summed E-state index contributed by atoms with van der Waals surface area (Å²) in [5, 5.41) is 22.4. The maximum Gasteiger partial charge on any atom is 0.221 e. The Balaban J connectivity index is 2.27. The van der Waals surface area contributed by atoms with Gasteiger partial charge in [-0.2, -0.15) is 0 Å². The lowest BCUT2D eigenvalue weighted by Gasteiger charge is -2.35. The molecule has 5 nitrogen and oxygen atoms in total. The lowest BCUT2D eigenvalue weighted by molar-refractivity contribution is -0.122. The van der Waals surface area contributed by atoms with Gasteiger partial charge in [0.15, 0.2) is 0 Å². The number of carbonyl (C=O) groups excluding carboxylic acids is 1. The zero-order chi connectivity index (χ0) is 17.0. The number of aliphatic hydroxyl groups is 2. The lowest BCUT2D eigenvalue weighted by atomic mass is 10.0. The summed E-state index contributed by atoms with van der Waals surface area (Å²) in [5.74, 6) is -0.254. The van der Waals surface area contributed by atoms with Crippen molar-refractivity contribution in [3.63, 3.8) is 0 Å². The molecule has 1 aromatic rings. The summed E-state index contributed by atoms with van der Waals surface area (Å²) in [7, 11) is 0. The van der Waals surface area contributed by atoms with Crippen molar-refractivity contribution in [1.82, 2.24) is 10.2 Å². The van der Waals surface area contributed by atoms with E-state index in [2.05, 4.69) is 5.32 Å². The van der Waals surface area contributed by atoms with Crippen molar-refractivity contribution >= 4 is 5.91 Å². The number of carbonyl (C=O) groups is 1. The summed E-state index contributed by atoms with van der Waals surface area (Å²) in [6.45, 7) is 3.82. The van der Waals surface area contributed by atoms with Crippen molar-refractivity contribution in [3.05, 3.63) is 35.9 Å². The smallest absolute Gasteiger partial charge is 0.221 e. The minimum atomic E-state index is -1.57. The van der Waals surface area contributed by atoms with Crippen LogP contribution < -0.4 is 5.32 Å². The molecule has 0 aliphatic carbocycles. The van der Waals surface area contributed by atoms with Crippen LogP contribution in [0.4, 0.5) is 4.39 Å². The topological polar surface area (TPSA) is 72.8 Å². The normalized spacial score (nSPS) is 29.4. The first-order valence-electron chi connectivity index (χ1n) is 8.03. The van der Waals surface area contributed by atoms with Gasteiger partial charge >= 0.3 is 0 Å². The zero-order valence-electron chi connectivity index (χ0n) is 13.5. The summed E-state index contributed by atoms with van der Waals surface area (Å²) in [6.07, 6.45) is -2.91. The maximum atomic E-state index is 14.6. The molecule has 23 heavy (non-hydrogen) atoms. The van der Waals surface area contributed by atoms with Gasteiger partial charge in [-0.05, 0) is 19.4 Å². The van der Waals surface area contributed by atoms with E-state index in [-0.39, 0.29) is 25.0 Å². The van der Waals surface area contributed by atoms with Crippen LogP contribution >= 0.6 is 0 Å². The molecule has 1 amide bonds. The van der Waals surface area contributed by atoms with E-state index in [1.165, 1.54) is 0 Å². The number of nitrogens with zero attached hydrogens (tertiary/aromatic N) is 1. The van der Waals surface area contributed by atoms with E-state index in [4.69, 9.17) is 0 Å². The predicted octanol–water partition coefficient (Wildman–Crippen LogP) is 1.02. The maximum absolute atomic E-state index is 14.6. The second-order valence-corrected chi connectivity index (χ2v) is 5.94. The Morgan fingerprint density at radius 2 is 2.00 bits per heavy atom. The van der Waals surface area contributed by atoms with Crippen LogP contribution in [-0.4, -0.2) is 58.5 Å². The number of alkyl halides is 1. The van der Waals surface area contributed by atoms with Crippen LogP contribution in [0.2, 0.25) is 0 Å². The molecule has 2 rings (SSSR count). The largest absolute Gasteiger partial charge is 0.395 e. The van der Waals surface area contributed by atoms with Gasteiger partial charge in [0.1, 0.15) is 12.3 Å². The number of likely N-dealkylation sites (tertiary alicyclic amines) is 1. The van der Waals surface area contributed by atoms with Crippen molar-refractivity contribution in [2.45, 2.75) is 50.7 Å². The first-order valence-corrected chi connectivity index (χ1v) is 8.03. The van der Waals surface area contributed by atoms with Gasteiger partial charge in [-0.3, -0.25) is 9.69 Å². The van der Waals surface area contributed by atoms with Gasteiger partial charge in [-0.15, -0.1) is 0 Å². The van der Waals surface area contributed by atoms with E-state index in [1.54, 1.807) is 11.8 Å². The van der Waals surface area contributed by atoms with Crippen LogP contribution in [0.1, 0.15) is 31.9 Å². The Morgan fingerprint density at radius 1 is 1.35 bits per heavy atom. The molecule has 1 heterocycles. The fraction of sp³-hybridized carbons (Fsp3) is 0.588. The number of amides is 1. The second-order valence-electron chi connectivity index (χ2n) is 5.94. The highest BCUT2D eigenvalue weighted by molar-refractivity contribution is 5.76. The minimum absolute atomic E-state index is 0.0419. The highest BCUT2D eigenvalue weighted by atomic mass is 19.1. The van der Waals surface area contributed by atoms with Crippen molar-refractivity contribution in [1.29, 1.82) is 0 Å². The van der Waals surface area contributed by atoms with Gasteiger partial charge in [0.05, 0.1) is 18.7 Å². The van der Waals surface area contributed by atoms with Crippen LogP contribution in [0.5, 0.6) is 0 Å². The molecule has 6 heteroatoms. The molecule has 1 aromatic carbocycles. The van der Waals surface area contributed by atoms with E-state index in [1.807, 2.05) is 37.3 Å². The molecule has 3 N–H and O–H groups in total. The molecule has 0 saturated carbocycles. The molecule has 0 aromatic heterocycles. The van der Waals surface area contributed by atoms with Crippen molar-refractivity contribution in [2.24, 2.45) is 0 Å². The van der Waals surface area contributed by atoms with Gasteiger partial charge < -0.3 is 15.5 Å². The highest BCUT2D eigenvalue weighted by Crippen LogP contribution is 2.37. The molecule has 1 aliphatic heterocycles. The molecule has 1 fully saturated rings. The molecule has 1 saturated heterocycles. The number of hydrogen-bond acceptors (Lipinski definition) is 4. The molecule has 5 atom stereocenters. The zero-order valence-corrected chi connectivity index (χ0v) is 13.5. The van der Waals surface area contributed by atoms with E-state index in [9.17, 15) is 19.4 Å². The monoisotopic (exact) mass is 324 g/mol. The van der Waals surface area contributed by atoms with Crippen molar-refractivity contribution in [3.8, 4) is 0 Å². The summed E-state index contributed by atoms with van der Waals surface area (Å²) in [5.41, 5.74) is 0.952. The van der Waals surface area contributed by atoms with Crippen LogP contribution in [-0.2, 0) is 4.79 Å². The van der Waals surface area contributed by atoms with E-state index in [0.29, 0.717) is 6.54 Å². The Bertz CT molecular complexity index is 514. The number of nitrogens with one attached hydrogen (secondary N) is 1. The standard InChI is InChI=1S/C17H25FN2O3/c1-3-19-15(22)9-13-16(18)17(23)14(10-21)20(13)11(2)12-7-5-4-6-8-12/h4-8,11,13-14,16-17,21,23H,3,9-10H2,1-2H3,(H,19,22)/t11?,13-,14-,16-,17-/m1/s1. The third-order valence-electron chi connectivity index (χ3n) is 4.54. The third kappa shape index (κ3) is 3.71. The molecule has 1 aliphatic rings. The third-order valence-corrected chi connectivity index (χ3v) is 4.54. The lowest BCUT2D eigenvalue weighted by Crippen LogP contribution is -2.44. The van der Waals surface area contributed by atoms with Crippen LogP contribution in [0.3, 0.4) is 0 Å². The number of rotatable bonds is 6. The molecule has 1 unspecified atom stereocenters. The first kappa shape index (κ1) is 17.8. The van der Waals surface area contributed by atoms with Crippen LogP contribution in [0.15, 0.2) is 30.3 Å². The van der Waals surface area contributed by atoms with Crippen molar-refractivity contribution < 1.29 is 19.4 Å². The summed E-state index contributed by atoms with van der Waals surface area (Å²) >= 11 is 0. The Labute approximate surface area is 136 Å². The minimum Gasteiger partial charge on any atom is -0.395 e. The number of aliphatic hydroxyl groups excluding tert-OH is 2. The van der Waals surface area contributed by atoms with Crippen molar-refractivity contribution in [2.75, 3.05) is 13.2 Å². The summed E-state index contributed by atoms with van der Waals surface area (Å²) in [6, 6.07) is 7.80. The Kier molecular flexibility index (Phi) is 6.10. The SMILES string of the molecule is CCNC(=O)C[C@@H]1[C@@H](F)[C@H](O)[C@@H](CO)N1C(C)c1ccccc1. The van der Waals surface area contributed by atoms with Crippen LogP contribution in [0, 0.1) is 0 Å².